The van der Waals surface area contributed by atoms with Gasteiger partial charge in [0.15, 0.2) is 5.71 Å². The summed E-state index contributed by atoms with van der Waals surface area (Å²) in [5.74, 6) is 1.18. The maximum absolute atomic E-state index is 6.01. The molecule has 0 atom stereocenters. The number of hydrogen-bond donors (Lipinski definition) is 1. The summed E-state index contributed by atoms with van der Waals surface area (Å²) in [7, 11) is 3.11. The van der Waals surface area contributed by atoms with Crippen molar-refractivity contribution in [2.75, 3.05) is 14.2 Å². The Bertz CT molecular complexity index is 767. The average Bonchev–Trinajstić information content (AvgIpc) is 2.60. The van der Waals surface area contributed by atoms with Gasteiger partial charge < -0.3 is 15.3 Å². The summed E-state index contributed by atoms with van der Waals surface area (Å²) in [5.41, 5.74) is 10.5. The molecule has 0 unspecified atom stereocenters. The van der Waals surface area contributed by atoms with Crippen LogP contribution in [0.15, 0.2) is 52.6 Å². The highest BCUT2D eigenvalue weighted by atomic mass is 16.6. The van der Waals surface area contributed by atoms with E-state index in [1.165, 1.54) is 7.11 Å². The van der Waals surface area contributed by atoms with Crippen LogP contribution in [0.1, 0.15) is 22.3 Å². The topological polar surface area (TPSA) is 69.2 Å². The van der Waals surface area contributed by atoms with Gasteiger partial charge in [-0.1, -0.05) is 41.6 Å². The first kappa shape index (κ1) is 17.5. The van der Waals surface area contributed by atoms with E-state index in [1.807, 2.05) is 44.2 Å². The summed E-state index contributed by atoms with van der Waals surface area (Å²) in [5, 5.41) is 4.02. The van der Waals surface area contributed by atoms with Gasteiger partial charge >= 0.3 is 0 Å². The Morgan fingerprint density at radius 1 is 1.12 bits per heavy atom. The normalized spacial score (nSPS) is 12.2. The lowest BCUT2D eigenvalue weighted by molar-refractivity contribution is 0.214. The van der Waals surface area contributed by atoms with Crippen molar-refractivity contribution in [2.24, 2.45) is 15.9 Å². The lowest BCUT2D eigenvalue weighted by atomic mass is 10.0. The van der Waals surface area contributed by atoms with E-state index in [1.54, 1.807) is 7.05 Å². The van der Waals surface area contributed by atoms with Crippen LogP contribution in [-0.2, 0) is 11.4 Å². The Hall–Kier alpha value is -2.82. The molecular weight excluding hydrogens is 302 g/mol. The molecule has 2 aromatic rings. The zero-order valence-electron chi connectivity index (χ0n) is 14.5. The Kier molecular flexibility index (Phi) is 5.95. The van der Waals surface area contributed by atoms with Gasteiger partial charge in [-0.3, -0.25) is 4.99 Å². The van der Waals surface area contributed by atoms with Gasteiger partial charge in [0.25, 0.3) is 0 Å². The Labute approximate surface area is 142 Å². The van der Waals surface area contributed by atoms with Crippen molar-refractivity contribution in [3.8, 4) is 5.75 Å². The van der Waals surface area contributed by atoms with Gasteiger partial charge in [0.2, 0.25) is 0 Å². The summed E-state index contributed by atoms with van der Waals surface area (Å²) in [6.45, 7) is 4.47. The van der Waals surface area contributed by atoms with Crippen molar-refractivity contribution in [1.29, 1.82) is 0 Å². The molecule has 0 fully saturated rings. The highest BCUT2D eigenvalue weighted by Gasteiger charge is 2.14. The third kappa shape index (κ3) is 4.13. The van der Waals surface area contributed by atoms with Crippen molar-refractivity contribution in [2.45, 2.75) is 20.5 Å². The van der Waals surface area contributed by atoms with Gasteiger partial charge in [0.1, 0.15) is 25.3 Å². The highest BCUT2D eigenvalue weighted by molar-refractivity contribution is 6.47. The Morgan fingerprint density at radius 2 is 1.88 bits per heavy atom. The molecule has 0 saturated heterocycles. The van der Waals surface area contributed by atoms with E-state index < -0.39 is 0 Å². The maximum Gasteiger partial charge on any atom is 0.152 e. The Morgan fingerprint density at radius 3 is 2.58 bits per heavy atom. The van der Waals surface area contributed by atoms with E-state index in [9.17, 15) is 0 Å². The molecule has 2 N–H and O–H groups in total. The SMILES string of the molecule is CN=C(N)C(=NOC)c1ccccc1COc1cc(C)ccc1C. The molecule has 0 aliphatic rings. The fraction of sp³-hybridized carbons (Fsp3) is 0.263. The van der Waals surface area contributed by atoms with Gasteiger partial charge in [-0.05, 0) is 36.6 Å². The summed E-state index contributed by atoms with van der Waals surface area (Å²) in [4.78, 5) is 8.93. The standard InChI is InChI=1S/C19H23N3O2/c1-13-9-10-14(2)17(11-13)24-12-15-7-5-6-8-16(15)18(22-23-4)19(20)21-3/h5-11H,12H2,1-4H3,(H2,20,21). The second-order valence-corrected chi connectivity index (χ2v) is 5.45. The van der Waals surface area contributed by atoms with Crippen molar-refractivity contribution in [3.05, 3.63) is 64.7 Å². The van der Waals surface area contributed by atoms with E-state index in [2.05, 4.69) is 22.3 Å². The number of ether oxygens (including phenoxy) is 1. The molecule has 0 radical (unpaired) electrons. The first-order valence-electron chi connectivity index (χ1n) is 7.69. The monoisotopic (exact) mass is 325 g/mol. The zero-order valence-corrected chi connectivity index (χ0v) is 14.5. The third-order valence-corrected chi connectivity index (χ3v) is 3.67. The van der Waals surface area contributed by atoms with Crippen LogP contribution in [0.4, 0.5) is 0 Å². The molecule has 24 heavy (non-hydrogen) atoms. The van der Waals surface area contributed by atoms with E-state index >= 15 is 0 Å². The number of benzene rings is 2. The molecule has 0 aliphatic carbocycles. The first-order valence-corrected chi connectivity index (χ1v) is 7.69. The van der Waals surface area contributed by atoms with Crippen molar-refractivity contribution < 1.29 is 9.57 Å². The third-order valence-electron chi connectivity index (χ3n) is 3.67. The van der Waals surface area contributed by atoms with Crippen LogP contribution in [0.5, 0.6) is 5.75 Å². The molecule has 0 bridgehead atoms. The van der Waals surface area contributed by atoms with Gasteiger partial charge in [-0.25, -0.2) is 0 Å². The number of aliphatic imine (C=N–C) groups is 1. The minimum Gasteiger partial charge on any atom is -0.489 e. The van der Waals surface area contributed by atoms with Crippen LogP contribution in [0, 0.1) is 13.8 Å². The number of oxime groups is 1. The predicted octanol–water partition coefficient (Wildman–Crippen LogP) is 3.22. The quantitative estimate of drug-likeness (QED) is 0.504. The highest BCUT2D eigenvalue weighted by Crippen LogP contribution is 2.21. The van der Waals surface area contributed by atoms with Crippen molar-refractivity contribution >= 4 is 11.5 Å². The summed E-state index contributed by atoms with van der Waals surface area (Å²) in [6.07, 6.45) is 0. The van der Waals surface area contributed by atoms with Gasteiger partial charge in [-0.15, -0.1) is 0 Å². The average molecular weight is 325 g/mol. The lowest BCUT2D eigenvalue weighted by Gasteiger charge is -2.14. The van der Waals surface area contributed by atoms with Gasteiger partial charge in [0.05, 0.1) is 0 Å². The van der Waals surface area contributed by atoms with Gasteiger partial charge in [0, 0.05) is 12.6 Å². The molecule has 5 nitrogen and oxygen atoms in total. The Balaban J connectivity index is 2.32. The second-order valence-electron chi connectivity index (χ2n) is 5.45. The minimum atomic E-state index is 0.316. The number of aryl methyl sites for hydroxylation is 2. The van der Waals surface area contributed by atoms with Crippen LogP contribution >= 0.6 is 0 Å². The molecule has 126 valence electrons. The molecule has 0 aromatic heterocycles. The maximum atomic E-state index is 6.01. The summed E-state index contributed by atoms with van der Waals surface area (Å²) < 4.78 is 6.01. The number of nitrogens with two attached hydrogens (primary N) is 1. The first-order chi connectivity index (χ1) is 11.6. The summed E-state index contributed by atoms with van der Waals surface area (Å²) in [6, 6.07) is 13.9. The summed E-state index contributed by atoms with van der Waals surface area (Å²) >= 11 is 0. The number of hydrogen-bond acceptors (Lipinski definition) is 4. The van der Waals surface area contributed by atoms with Crippen molar-refractivity contribution in [1.82, 2.24) is 0 Å². The van der Waals surface area contributed by atoms with Crippen LogP contribution in [0.2, 0.25) is 0 Å². The zero-order chi connectivity index (χ0) is 17.5. The fourth-order valence-electron chi connectivity index (χ4n) is 2.33. The van der Waals surface area contributed by atoms with Crippen LogP contribution in [0.25, 0.3) is 0 Å². The molecule has 0 aliphatic heterocycles. The number of amidine groups is 1. The van der Waals surface area contributed by atoms with Crippen LogP contribution < -0.4 is 10.5 Å². The minimum absolute atomic E-state index is 0.316. The molecule has 0 spiro atoms. The molecule has 0 amide bonds. The molecule has 0 saturated carbocycles. The van der Waals surface area contributed by atoms with Crippen molar-refractivity contribution in [3.63, 3.8) is 0 Å². The molecule has 0 heterocycles. The fourth-order valence-corrected chi connectivity index (χ4v) is 2.33. The largest absolute Gasteiger partial charge is 0.489 e. The molecular formula is C19H23N3O2. The number of nitrogens with zero attached hydrogens (tertiary/aromatic N) is 2. The van der Waals surface area contributed by atoms with E-state index in [0.717, 1.165) is 28.0 Å². The van der Waals surface area contributed by atoms with E-state index in [4.69, 9.17) is 15.3 Å². The lowest BCUT2D eigenvalue weighted by Crippen LogP contribution is -2.26. The van der Waals surface area contributed by atoms with E-state index in [0.29, 0.717) is 18.2 Å². The molecule has 2 rings (SSSR count). The molecule has 5 heteroatoms. The predicted molar refractivity (Wildman–Crippen MR) is 97.8 cm³/mol. The van der Waals surface area contributed by atoms with Gasteiger partial charge in [-0.2, -0.15) is 0 Å². The van der Waals surface area contributed by atoms with Crippen LogP contribution in [-0.4, -0.2) is 25.7 Å². The number of rotatable bonds is 6. The van der Waals surface area contributed by atoms with E-state index in [-0.39, 0.29) is 0 Å². The molecule has 2 aromatic carbocycles. The van der Waals surface area contributed by atoms with Crippen LogP contribution in [0.3, 0.4) is 0 Å². The smallest absolute Gasteiger partial charge is 0.152 e. The second kappa shape index (κ2) is 8.15.